The van der Waals surface area contributed by atoms with Crippen molar-refractivity contribution in [1.82, 2.24) is 0 Å². The van der Waals surface area contributed by atoms with Crippen LogP contribution in [0.4, 0.5) is 5.69 Å². The Kier molecular flexibility index (Phi) is 3.20. The molecule has 0 fully saturated rings. The van der Waals surface area contributed by atoms with Crippen molar-refractivity contribution in [3.8, 4) is 0 Å². The van der Waals surface area contributed by atoms with Crippen LogP contribution in [0.15, 0.2) is 53.5 Å². The summed E-state index contributed by atoms with van der Waals surface area (Å²) < 4.78 is 12.5. The molecule has 0 aromatic heterocycles. The van der Waals surface area contributed by atoms with E-state index in [1.807, 2.05) is 30.3 Å². The summed E-state index contributed by atoms with van der Waals surface area (Å²) in [5.41, 5.74) is 2.33. The van der Waals surface area contributed by atoms with Crippen molar-refractivity contribution in [1.29, 1.82) is 0 Å². The number of hydrogen-bond donors (Lipinski definition) is 0. The topological polar surface area (TPSA) is 46.5 Å². The van der Waals surface area contributed by atoms with E-state index in [0.29, 0.717) is 12.0 Å². The Morgan fingerprint density at radius 2 is 1.89 bits per heavy atom. The van der Waals surface area contributed by atoms with Crippen molar-refractivity contribution in [2.24, 2.45) is 4.99 Å². The van der Waals surface area contributed by atoms with E-state index >= 15 is 0 Å². The first-order valence-electron chi connectivity index (χ1n) is 5.90. The summed E-state index contributed by atoms with van der Waals surface area (Å²) in [4.78, 5) is 16.3. The van der Waals surface area contributed by atoms with Crippen molar-refractivity contribution in [2.75, 3.05) is 0 Å². The summed E-state index contributed by atoms with van der Waals surface area (Å²) in [6.45, 7) is 0. The quantitative estimate of drug-likeness (QED) is 0.642. The molecule has 0 spiro atoms. The van der Waals surface area contributed by atoms with Crippen LogP contribution in [0.25, 0.3) is 0 Å². The van der Waals surface area contributed by atoms with Gasteiger partial charge in [-0.1, -0.05) is 0 Å². The van der Waals surface area contributed by atoms with Gasteiger partial charge in [0.1, 0.15) is 0 Å². The minimum absolute atomic E-state index is 0.0414. The third kappa shape index (κ3) is 2.46. The van der Waals surface area contributed by atoms with Gasteiger partial charge in [0.25, 0.3) is 0 Å². The van der Waals surface area contributed by atoms with Crippen LogP contribution < -0.4 is 4.46 Å². The molecule has 1 heterocycles. The van der Waals surface area contributed by atoms with Crippen LogP contribution in [0, 0.1) is 0 Å². The number of nitrogens with zero attached hydrogens (tertiary/aromatic N) is 1. The van der Waals surface area contributed by atoms with Gasteiger partial charge in [0.2, 0.25) is 0 Å². The first-order chi connectivity index (χ1) is 9.24. The third-order valence-corrected chi connectivity index (χ3v) is 5.21. The summed E-state index contributed by atoms with van der Waals surface area (Å²) in [6, 6.07) is 14.9. The van der Waals surface area contributed by atoms with Crippen LogP contribution in [-0.4, -0.2) is 24.7 Å². The van der Waals surface area contributed by atoms with E-state index in [9.17, 15) is 8.63 Å². The Labute approximate surface area is 115 Å². The zero-order chi connectivity index (χ0) is 13.2. The number of carbonyl (C=O) groups is 1. The van der Waals surface area contributed by atoms with E-state index in [1.165, 1.54) is 5.11 Å². The summed E-state index contributed by atoms with van der Waals surface area (Å²) in [6.07, 6.45) is 0.365. The maximum absolute atomic E-state index is 12.2. The number of rotatable bonds is 3. The molecule has 1 aliphatic rings. The predicted octanol–water partition coefficient (Wildman–Crippen LogP) is 2.00. The number of hydrogen-bond acceptors (Lipinski definition) is 3. The molecule has 3 rings (SSSR count). The van der Waals surface area contributed by atoms with Gasteiger partial charge in [-0.3, -0.25) is 0 Å². The molecule has 1 unspecified atom stereocenters. The second-order valence-corrected chi connectivity index (χ2v) is 6.91. The van der Waals surface area contributed by atoms with E-state index in [2.05, 4.69) is 4.99 Å². The molecule has 0 radical (unpaired) electrons. The molecule has 1 aliphatic heterocycles. The second kappa shape index (κ2) is 5.00. The molecule has 94 valence electrons. The van der Waals surface area contributed by atoms with Crippen LogP contribution in [0.3, 0.4) is 0 Å². The van der Waals surface area contributed by atoms with E-state index < -0.39 is 13.8 Å². The van der Waals surface area contributed by atoms with Crippen LogP contribution >= 0.6 is 0 Å². The van der Waals surface area contributed by atoms with Gasteiger partial charge in [0, 0.05) is 0 Å². The van der Waals surface area contributed by atoms with Crippen molar-refractivity contribution in [3.05, 3.63) is 59.7 Å². The Bertz CT molecular complexity index is 693. The standard InChI is InChI=1S/C15H11NO2Se/c17-14(8-11-4-2-1-3-5-11)12-6-7-13-15(9-12)19(18)10-16-13/h1-7,9-10H,8H2. The number of benzene rings is 2. The Hall–Kier alpha value is -1.90. The van der Waals surface area contributed by atoms with Crippen molar-refractivity contribution < 1.29 is 8.63 Å². The molecule has 3 nitrogen and oxygen atoms in total. The van der Waals surface area contributed by atoms with Gasteiger partial charge in [-0.25, -0.2) is 0 Å². The zero-order valence-corrected chi connectivity index (χ0v) is 11.8. The van der Waals surface area contributed by atoms with E-state index in [-0.39, 0.29) is 5.78 Å². The van der Waals surface area contributed by atoms with Crippen LogP contribution in [0.1, 0.15) is 15.9 Å². The monoisotopic (exact) mass is 317 g/mol. The molecule has 0 aliphatic carbocycles. The molecule has 0 saturated heterocycles. The van der Waals surface area contributed by atoms with Gasteiger partial charge in [-0.2, -0.15) is 0 Å². The fourth-order valence-electron chi connectivity index (χ4n) is 2.00. The Morgan fingerprint density at radius 1 is 1.11 bits per heavy atom. The maximum atomic E-state index is 12.2. The number of ketones is 1. The molecule has 0 bridgehead atoms. The average Bonchev–Trinajstić information content (AvgIpc) is 2.81. The number of carbonyl (C=O) groups excluding carboxylic acids is 1. The zero-order valence-electron chi connectivity index (χ0n) is 10.1. The van der Waals surface area contributed by atoms with Crippen LogP contribution in [-0.2, 0) is 10.3 Å². The van der Waals surface area contributed by atoms with Gasteiger partial charge >= 0.3 is 115 Å². The molecule has 4 heteroatoms. The summed E-state index contributed by atoms with van der Waals surface area (Å²) in [5.74, 6) is 0.0414. The Morgan fingerprint density at radius 3 is 2.68 bits per heavy atom. The van der Waals surface area contributed by atoms with E-state index in [1.54, 1.807) is 18.2 Å². The molecule has 2 aromatic carbocycles. The van der Waals surface area contributed by atoms with Gasteiger partial charge in [-0.05, 0) is 0 Å². The molecule has 0 N–H and O–H groups in total. The SMILES string of the molecule is O=C(Cc1ccccc1)c1ccc2c(c1)[Se](=O)C=N2. The first-order valence-corrected chi connectivity index (χ1v) is 8.44. The van der Waals surface area contributed by atoms with Crippen LogP contribution in [0.2, 0.25) is 0 Å². The van der Waals surface area contributed by atoms with Gasteiger partial charge in [-0.15, -0.1) is 0 Å². The summed E-state index contributed by atoms with van der Waals surface area (Å²) >= 11 is -2.16. The average molecular weight is 316 g/mol. The van der Waals surface area contributed by atoms with Crippen molar-refractivity contribution in [3.63, 3.8) is 0 Å². The minimum atomic E-state index is -2.16. The normalized spacial score (nSPS) is 16.3. The van der Waals surface area contributed by atoms with Crippen LogP contribution in [0.5, 0.6) is 0 Å². The summed E-state index contributed by atoms with van der Waals surface area (Å²) in [5, 5.41) is 1.50. The molecule has 1 atom stereocenters. The van der Waals surface area contributed by atoms with Gasteiger partial charge in [0.15, 0.2) is 0 Å². The predicted molar refractivity (Wildman–Crippen MR) is 75.1 cm³/mol. The van der Waals surface area contributed by atoms with E-state index in [4.69, 9.17) is 0 Å². The third-order valence-electron chi connectivity index (χ3n) is 2.99. The molecular weight excluding hydrogens is 305 g/mol. The fourth-order valence-corrected chi connectivity index (χ4v) is 3.87. The van der Waals surface area contributed by atoms with E-state index in [0.717, 1.165) is 15.7 Å². The van der Waals surface area contributed by atoms with Crippen molar-refractivity contribution in [2.45, 2.75) is 6.42 Å². The first kappa shape index (κ1) is 12.1. The number of fused-ring (bicyclic) bond motifs is 1. The second-order valence-electron chi connectivity index (χ2n) is 4.30. The molecule has 0 amide bonds. The molecule has 2 aromatic rings. The number of Topliss-reactive ketones (excluding diaryl/α,β-unsaturated/α-hetero) is 1. The molecule has 19 heavy (non-hydrogen) atoms. The summed E-state index contributed by atoms with van der Waals surface area (Å²) in [7, 11) is 0. The number of aliphatic imine (C=N–C) groups is 1. The molecule has 0 saturated carbocycles. The molecular formula is C15H11NO2Se. The Balaban J connectivity index is 1.86. The van der Waals surface area contributed by atoms with Crippen molar-refractivity contribution >= 4 is 34.9 Å². The van der Waals surface area contributed by atoms with Gasteiger partial charge in [0.05, 0.1) is 0 Å². The van der Waals surface area contributed by atoms with Gasteiger partial charge < -0.3 is 0 Å². The fraction of sp³-hybridized carbons (Fsp3) is 0.0667.